The summed E-state index contributed by atoms with van der Waals surface area (Å²) >= 11 is 11.4. The molecule has 2 aromatic rings. The number of nitrogens with zero attached hydrogens (tertiary/aromatic N) is 1. The average molecular weight is 475 g/mol. The highest BCUT2D eigenvalue weighted by Crippen LogP contribution is 2.30. The van der Waals surface area contributed by atoms with Crippen molar-refractivity contribution in [3.8, 4) is 5.75 Å². The number of carbonyl (C=O) groups excluding carboxylic acids is 1. The molecule has 0 heterocycles. The number of aromatic hydroxyl groups is 1. The molecule has 0 saturated heterocycles. The summed E-state index contributed by atoms with van der Waals surface area (Å²) in [7, 11) is 0. The first-order valence-electron chi connectivity index (χ1n) is 6.45. The molecular formula is C15H10Br2FN3O2S. The summed E-state index contributed by atoms with van der Waals surface area (Å²) in [5, 5.41) is 16.2. The zero-order chi connectivity index (χ0) is 17.7. The monoisotopic (exact) mass is 473 g/mol. The highest BCUT2D eigenvalue weighted by atomic mass is 79.9. The van der Waals surface area contributed by atoms with E-state index in [1.54, 1.807) is 12.1 Å². The van der Waals surface area contributed by atoms with E-state index in [1.807, 2.05) is 0 Å². The van der Waals surface area contributed by atoms with Crippen molar-refractivity contribution in [1.82, 2.24) is 5.43 Å². The van der Waals surface area contributed by atoms with Gasteiger partial charge < -0.3 is 10.4 Å². The number of hydrogen-bond acceptors (Lipinski definition) is 4. The van der Waals surface area contributed by atoms with E-state index >= 15 is 0 Å². The maximum Gasteiger partial charge on any atom is 0.284 e. The van der Waals surface area contributed by atoms with Crippen LogP contribution in [0.15, 0.2) is 50.4 Å². The van der Waals surface area contributed by atoms with Gasteiger partial charge in [-0.05, 0) is 52.3 Å². The number of phenolic OH excluding ortho intramolecular Hbond substituents is 1. The minimum atomic E-state index is -0.589. The molecule has 0 unspecified atom stereocenters. The van der Waals surface area contributed by atoms with Crippen LogP contribution in [-0.4, -0.2) is 22.2 Å². The first-order valence-corrected chi connectivity index (χ1v) is 8.44. The number of benzene rings is 2. The van der Waals surface area contributed by atoms with Gasteiger partial charge in [0.25, 0.3) is 5.91 Å². The lowest BCUT2D eigenvalue weighted by atomic mass is 10.2. The Bertz CT molecular complexity index is 813. The number of hydrazone groups is 1. The predicted octanol–water partition coefficient (Wildman–Crippen LogP) is 3.95. The van der Waals surface area contributed by atoms with E-state index in [-0.39, 0.29) is 10.7 Å². The Hall–Kier alpha value is -1.84. The first kappa shape index (κ1) is 18.5. The molecule has 0 aromatic heterocycles. The summed E-state index contributed by atoms with van der Waals surface area (Å²) in [6.07, 6.45) is 1.32. The van der Waals surface area contributed by atoms with E-state index in [4.69, 9.17) is 12.2 Å². The number of rotatable bonds is 3. The minimum absolute atomic E-state index is 0.00503. The molecule has 0 aliphatic carbocycles. The smallest absolute Gasteiger partial charge is 0.284 e. The van der Waals surface area contributed by atoms with Crippen LogP contribution in [-0.2, 0) is 4.79 Å². The number of phenols is 1. The summed E-state index contributed by atoms with van der Waals surface area (Å²) in [5.74, 6) is -0.989. The van der Waals surface area contributed by atoms with E-state index in [0.717, 1.165) is 4.47 Å². The van der Waals surface area contributed by atoms with Crippen molar-refractivity contribution in [3.63, 3.8) is 0 Å². The van der Waals surface area contributed by atoms with Crippen LogP contribution >= 0.6 is 44.1 Å². The number of anilines is 1. The van der Waals surface area contributed by atoms with Crippen LogP contribution in [0, 0.1) is 5.82 Å². The van der Waals surface area contributed by atoms with Gasteiger partial charge in [0.2, 0.25) is 0 Å². The summed E-state index contributed by atoms with van der Waals surface area (Å²) in [4.78, 5) is 11.7. The van der Waals surface area contributed by atoms with Crippen LogP contribution in [0.5, 0.6) is 5.75 Å². The lowest BCUT2D eigenvalue weighted by molar-refractivity contribution is -0.110. The maximum atomic E-state index is 12.8. The summed E-state index contributed by atoms with van der Waals surface area (Å²) in [6.45, 7) is 0. The van der Waals surface area contributed by atoms with Crippen molar-refractivity contribution in [2.45, 2.75) is 0 Å². The van der Waals surface area contributed by atoms with Gasteiger partial charge in [-0.25, -0.2) is 4.39 Å². The number of amides is 1. The van der Waals surface area contributed by atoms with Crippen molar-refractivity contribution in [3.05, 3.63) is 56.7 Å². The van der Waals surface area contributed by atoms with Crippen LogP contribution in [0.1, 0.15) is 5.56 Å². The summed E-state index contributed by atoms with van der Waals surface area (Å²) < 4.78 is 14.0. The standard InChI is InChI=1S/C15H10Br2FN3O2S/c16-9-5-8(13(22)12(17)6-9)7-19-21-15(24)14(23)20-11-3-1-10(18)2-4-11/h1-7,22H,(H,20,23)(H,21,24)/b19-7+. The van der Waals surface area contributed by atoms with Gasteiger partial charge in [0, 0.05) is 15.7 Å². The number of hydrogen-bond donors (Lipinski definition) is 3. The van der Waals surface area contributed by atoms with Gasteiger partial charge >= 0.3 is 0 Å². The molecule has 5 nitrogen and oxygen atoms in total. The molecule has 1 amide bonds. The quantitative estimate of drug-likeness (QED) is 0.358. The van der Waals surface area contributed by atoms with Gasteiger partial charge in [0.15, 0.2) is 4.99 Å². The van der Waals surface area contributed by atoms with Crippen molar-refractivity contribution in [2.24, 2.45) is 5.10 Å². The van der Waals surface area contributed by atoms with Crippen LogP contribution in [0.4, 0.5) is 10.1 Å². The molecule has 2 rings (SSSR count). The van der Waals surface area contributed by atoms with Crippen molar-refractivity contribution in [2.75, 3.05) is 5.32 Å². The van der Waals surface area contributed by atoms with E-state index in [2.05, 4.69) is 47.7 Å². The normalized spacial score (nSPS) is 10.6. The van der Waals surface area contributed by atoms with Crippen molar-refractivity contribution in [1.29, 1.82) is 0 Å². The topological polar surface area (TPSA) is 73.7 Å². The van der Waals surface area contributed by atoms with Gasteiger partial charge in [0.1, 0.15) is 11.6 Å². The fourth-order valence-electron chi connectivity index (χ4n) is 1.62. The van der Waals surface area contributed by atoms with Gasteiger partial charge in [-0.1, -0.05) is 28.1 Å². The van der Waals surface area contributed by atoms with Crippen LogP contribution in [0.2, 0.25) is 0 Å². The Morgan fingerprint density at radius 3 is 2.58 bits per heavy atom. The molecule has 2 aromatic carbocycles. The third-order valence-electron chi connectivity index (χ3n) is 2.74. The van der Waals surface area contributed by atoms with Crippen molar-refractivity contribution >= 4 is 66.9 Å². The second-order valence-electron chi connectivity index (χ2n) is 4.49. The SMILES string of the molecule is O=C(Nc1ccc(F)cc1)C(=S)N/N=C/c1cc(Br)cc(Br)c1O. The molecule has 0 radical (unpaired) electrons. The van der Waals surface area contributed by atoms with Crippen LogP contribution < -0.4 is 10.7 Å². The molecule has 3 N–H and O–H groups in total. The average Bonchev–Trinajstić information content (AvgIpc) is 2.53. The summed E-state index contributed by atoms with van der Waals surface area (Å²) in [6, 6.07) is 8.59. The number of nitrogens with one attached hydrogen (secondary N) is 2. The van der Waals surface area contributed by atoms with E-state index in [9.17, 15) is 14.3 Å². The Balaban J connectivity index is 1.97. The third-order valence-corrected chi connectivity index (χ3v) is 4.07. The molecule has 0 saturated carbocycles. The molecule has 0 aliphatic rings. The molecule has 0 fully saturated rings. The van der Waals surface area contributed by atoms with Crippen molar-refractivity contribution < 1.29 is 14.3 Å². The number of carbonyl (C=O) groups is 1. The van der Waals surface area contributed by atoms with E-state index in [1.165, 1.54) is 30.5 Å². The Labute approximate surface area is 159 Å². The highest BCUT2D eigenvalue weighted by Gasteiger charge is 2.09. The maximum absolute atomic E-state index is 12.8. The first-order chi connectivity index (χ1) is 11.4. The Morgan fingerprint density at radius 1 is 1.25 bits per heavy atom. The van der Waals surface area contributed by atoms with Gasteiger partial charge in [-0.2, -0.15) is 5.10 Å². The lowest BCUT2D eigenvalue weighted by Crippen LogP contribution is -2.30. The van der Waals surface area contributed by atoms with Crippen LogP contribution in [0.3, 0.4) is 0 Å². The second-order valence-corrected chi connectivity index (χ2v) is 6.66. The van der Waals surface area contributed by atoms with Gasteiger partial charge in [-0.3, -0.25) is 10.2 Å². The fraction of sp³-hybridized carbons (Fsp3) is 0. The number of halogens is 3. The molecule has 0 atom stereocenters. The van der Waals surface area contributed by atoms with Gasteiger partial charge in [-0.15, -0.1) is 0 Å². The Kier molecular flexibility index (Phi) is 6.41. The second kappa shape index (κ2) is 8.32. The van der Waals surface area contributed by atoms with E-state index in [0.29, 0.717) is 15.7 Å². The molecule has 24 heavy (non-hydrogen) atoms. The molecule has 0 spiro atoms. The summed E-state index contributed by atoms with van der Waals surface area (Å²) in [5.41, 5.74) is 3.23. The fourth-order valence-corrected chi connectivity index (χ4v) is 2.98. The molecule has 0 aliphatic heterocycles. The number of thiocarbonyl (C=S) groups is 1. The van der Waals surface area contributed by atoms with Gasteiger partial charge in [0.05, 0.1) is 10.7 Å². The molecule has 124 valence electrons. The largest absolute Gasteiger partial charge is 0.506 e. The molecular weight excluding hydrogens is 465 g/mol. The predicted molar refractivity (Wildman–Crippen MR) is 102 cm³/mol. The highest BCUT2D eigenvalue weighted by molar-refractivity contribution is 9.11. The zero-order valence-corrected chi connectivity index (χ0v) is 15.9. The lowest BCUT2D eigenvalue weighted by Gasteiger charge is -2.06. The van der Waals surface area contributed by atoms with Crippen LogP contribution in [0.25, 0.3) is 0 Å². The molecule has 9 heteroatoms. The molecule has 0 bridgehead atoms. The minimum Gasteiger partial charge on any atom is -0.506 e. The zero-order valence-electron chi connectivity index (χ0n) is 11.9. The van der Waals surface area contributed by atoms with E-state index < -0.39 is 11.7 Å². The Morgan fingerprint density at radius 2 is 1.92 bits per heavy atom. The third kappa shape index (κ3) is 5.08.